The van der Waals surface area contributed by atoms with E-state index in [1.165, 1.54) is 24.3 Å². The van der Waals surface area contributed by atoms with E-state index in [2.05, 4.69) is 10.6 Å². The number of carbonyl (C=O) groups is 3. The molecule has 1 aromatic carbocycles. The second-order valence-electron chi connectivity index (χ2n) is 7.68. The van der Waals surface area contributed by atoms with Gasteiger partial charge in [0.05, 0.1) is 6.54 Å². The molecule has 1 saturated heterocycles. The lowest BCUT2D eigenvalue weighted by Crippen LogP contribution is -2.50. The van der Waals surface area contributed by atoms with Crippen molar-refractivity contribution in [2.75, 3.05) is 32.7 Å². The predicted octanol–water partition coefficient (Wildman–Crippen LogP) is 1.60. The first-order valence-electron chi connectivity index (χ1n) is 9.03. The normalized spacial score (nSPS) is 15.8. The van der Waals surface area contributed by atoms with Gasteiger partial charge in [-0.25, -0.2) is 9.18 Å². The quantitative estimate of drug-likeness (QED) is 0.837. The topological polar surface area (TPSA) is 81.8 Å². The Hall–Kier alpha value is -2.48. The van der Waals surface area contributed by atoms with Gasteiger partial charge in [0.2, 0.25) is 5.91 Å². The van der Waals surface area contributed by atoms with E-state index in [9.17, 15) is 18.8 Å². The number of urea groups is 1. The smallest absolute Gasteiger partial charge is 0.321 e. The van der Waals surface area contributed by atoms with E-state index in [0.717, 1.165) is 0 Å². The monoisotopic (exact) mass is 378 g/mol. The maximum atomic E-state index is 13.0. The van der Waals surface area contributed by atoms with Crippen molar-refractivity contribution in [3.8, 4) is 0 Å². The first-order valence-corrected chi connectivity index (χ1v) is 9.03. The number of nitrogens with one attached hydrogen (secondary N) is 2. The van der Waals surface area contributed by atoms with Gasteiger partial charge in [0.25, 0.3) is 5.91 Å². The lowest BCUT2D eigenvalue weighted by molar-refractivity contribution is -0.121. The summed E-state index contributed by atoms with van der Waals surface area (Å²) in [5.41, 5.74) is 0.0233. The molecule has 2 rings (SSSR count). The molecule has 0 aromatic heterocycles. The molecule has 1 heterocycles. The van der Waals surface area contributed by atoms with Crippen LogP contribution in [0.2, 0.25) is 0 Å². The van der Waals surface area contributed by atoms with Crippen LogP contribution in [0.4, 0.5) is 9.18 Å². The Kier molecular flexibility index (Phi) is 6.90. The molecular formula is C19H27FN4O3. The molecule has 0 unspecified atom stereocenters. The minimum absolute atomic E-state index is 0.0934. The van der Waals surface area contributed by atoms with Crippen LogP contribution in [0.15, 0.2) is 24.3 Å². The lowest BCUT2D eigenvalue weighted by Gasteiger charge is -2.23. The summed E-state index contributed by atoms with van der Waals surface area (Å²) in [6, 6.07) is 4.97. The molecule has 1 aliphatic rings. The van der Waals surface area contributed by atoms with Gasteiger partial charge in [-0.3, -0.25) is 19.8 Å². The molecule has 1 aliphatic heterocycles. The van der Waals surface area contributed by atoms with E-state index in [-0.39, 0.29) is 24.2 Å². The summed E-state index contributed by atoms with van der Waals surface area (Å²) in [4.78, 5) is 40.0. The molecule has 27 heavy (non-hydrogen) atoms. The number of hydrogen-bond acceptors (Lipinski definition) is 4. The molecule has 0 spiro atoms. The van der Waals surface area contributed by atoms with Gasteiger partial charge in [-0.15, -0.1) is 0 Å². The number of amides is 4. The third-order valence-electron chi connectivity index (χ3n) is 4.08. The molecule has 2 N–H and O–H groups in total. The predicted molar refractivity (Wildman–Crippen MR) is 99.8 cm³/mol. The largest absolute Gasteiger partial charge is 0.337 e. The van der Waals surface area contributed by atoms with Crippen molar-refractivity contribution in [3.63, 3.8) is 0 Å². The first kappa shape index (κ1) is 20.8. The fourth-order valence-corrected chi connectivity index (χ4v) is 2.85. The molecule has 7 nitrogen and oxygen atoms in total. The van der Waals surface area contributed by atoms with Crippen molar-refractivity contribution < 1.29 is 18.8 Å². The number of rotatable bonds is 3. The van der Waals surface area contributed by atoms with Gasteiger partial charge >= 0.3 is 6.03 Å². The van der Waals surface area contributed by atoms with Gasteiger partial charge in [0, 0.05) is 37.3 Å². The van der Waals surface area contributed by atoms with Gasteiger partial charge < -0.3 is 10.2 Å². The fourth-order valence-electron chi connectivity index (χ4n) is 2.85. The summed E-state index contributed by atoms with van der Waals surface area (Å²) >= 11 is 0. The van der Waals surface area contributed by atoms with Crippen LogP contribution >= 0.6 is 0 Å². The summed E-state index contributed by atoms with van der Waals surface area (Å²) in [6.45, 7) is 7.81. The number of carbonyl (C=O) groups excluding carboxylic acids is 3. The molecule has 0 bridgehead atoms. The molecule has 148 valence electrons. The van der Waals surface area contributed by atoms with Crippen LogP contribution in [0.5, 0.6) is 0 Å². The van der Waals surface area contributed by atoms with Crippen molar-refractivity contribution in [2.24, 2.45) is 0 Å². The molecule has 4 amide bonds. The minimum atomic E-state index is -0.518. The van der Waals surface area contributed by atoms with Gasteiger partial charge in [-0.05, 0) is 51.5 Å². The number of benzene rings is 1. The summed E-state index contributed by atoms with van der Waals surface area (Å²) in [5.74, 6) is -0.906. The number of imide groups is 1. The molecule has 0 saturated carbocycles. The molecular weight excluding hydrogens is 351 g/mol. The maximum Gasteiger partial charge on any atom is 0.321 e. The molecule has 8 heteroatoms. The van der Waals surface area contributed by atoms with Crippen molar-refractivity contribution in [3.05, 3.63) is 35.6 Å². The highest BCUT2D eigenvalue weighted by Gasteiger charge is 2.22. The van der Waals surface area contributed by atoms with Gasteiger partial charge in [0.1, 0.15) is 5.82 Å². The van der Waals surface area contributed by atoms with E-state index in [0.29, 0.717) is 38.2 Å². The van der Waals surface area contributed by atoms with Crippen LogP contribution in [0.1, 0.15) is 37.6 Å². The second kappa shape index (κ2) is 8.94. The SMILES string of the molecule is CC(C)(C)NC(=O)NC(=O)CN1CCCN(C(=O)c2ccc(F)cc2)CC1. The highest BCUT2D eigenvalue weighted by molar-refractivity contribution is 5.95. The Morgan fingerprint density at radius 3 is 2.33 bits per heavy atom. The van der Waals surface area contributed by atoms with Crippen molar-refractivity contribution in [1.82, 2.24) is 20.4 Å². The summed E-state index contributed by atoms with van der Waals surface area (Å²) in [7, 11) is 0. The molecule has 0 radical (unpaired) electrons. The average molecular weight is 378 g/mol. The maximum absolute atomic E-state index is 13.0. The van der Waals surface area contributed by atoms with Gasteiger partial charge in [-0.1, -0.05) is 0 Å². The van der Waals surface area contributed by atoms with Crippen molar-refractivity contribution in [1.29, 1.82) is 0 Å². The Morgan fingerprint density at radius 1 is 1.04 bits per heavy atom. The van der Waals surface area contributed by atoms with Crippen LogP contribution in [0.3, 0.4) is 0 Å². The Morgan fingerprint density at radius 2 is 1.70 bits per heavy atom. The Labute approximate surface area is 158 Å². The zero-order valence-electron chi connectivity index (χ0n) is 16.0. The van der Waals surface area contributed by atoms with E-state index in [4.69, 9.17) is 0 Å². The van der Waals surface area contributed by atoms with E-state index in [1.54, 1.807) is 4.90 Å². The average Bonchev–Trinajstić information content (AvgIpc) is 2.78. The molecule has 1 aromatic rings. The van der Waals surface area contributed by atoms with E-state index in [1.807, 2.05) is 25.7 Å². The Bertz CT molecular complexity index is 685. The van der Waals surface area contributed by atoms with E-state index >= 15 is 0 Å². The number of nitrogens with zero attached hydrogens (tertiary/aromatic N) is 2. The zero-order chi connectivity index (χ0) is 20.0. The van der Waals surface area contributed by atoms with E-state index < -0.39 is 11.6 Å². The van der Waals surface area contributed by atoms with Crippen LogP contribution < -0.4 is 10.6 Å². The van der Waals surface area contributed by atoms with Crippen LogP contribution in [0.25, 0.3) is 0 Å². The van der Waals surface area contributed by atoms with Crippen molar-refractivity contribution in [2.45, 2.75) is 32.7 Å². The lowest BCUT2D eigenvalue weighted by atomic mass is 10.1. The van der Waals surface area contributed by atoms with Crippen molar-refractivity contribution >= 4 is 17.8 Å². The minimum Gasteiger partial charge on any atom is -0.337 e. The summed E-state index contributed by atoms with van der Waals surface area (Å²) in [6.07, 6.45) is 0.717. The third kappa shape index (κ3) is 6.97. The second-order valence-corrected chi connectivity index (χ2v) is 7.68. The standard InChI is InChI=1S/C19H27FN4O3/c1-19(2,3)22-18(27)21-16(25)13-23-9-4-10-24(12-11-23)17(26)14-5-7-15(20)8-6-14/h5-8H,4,9-13H2,1-3H3,(H2,21,22,25,27). The molecule has 0 aliphatic carbocycles. The Balaban J connectivity index is 1.83. The third-order valence-corrected chi connectivity index (χ3v) is 4.08. The fraction of sp³-hybridized carbons (Fsp3) is 0.526. The molecule has 0 atom stereocenters. The first-order chi connectivity index (χ1) is 12.6. The van der Waals surface area contributed by atoms with Crippen LogP contribution in [0, 0.1) is 5.82 Å². The number of hydrogen-bond donors (Lipinski definition) is 2. The summed E-state index contributed by atoms with van der Waals surface area (Å²) in [5, 5.41) is 5.00. The zero-order valence-corrected chi connectivity index (χ0v) is 16.0. The van der Waals surface area contributed by atoms with Crippen LogP contribution in [-0.2, 0) is 4.79 Å². The van der Waals surface area contributed by atoms with Gasteiger partial charge in [-0.2, -0.15) is 0 Å². The summed E-state index contributed by atoms with van der Waals surface area (Å²) < 4.78 is 13.0. The van der Waals surface area contributed by atoms with Crippen LogP contribution in [-0.4, -0.2) is 65.9 Å². The number of halogens is 1. The highest BCUT2D eigenvalue weighted by atomic mass is 19.1. The molecule has 1 fully saturated rings. The highest BCUT2D eigenvalue weighted by Crippen LogP contribution is 2.10. The van der Waals surface area contributed by atoms with Gasteiger partial charge in [0.15, 0.2) is 0 Å².